The fourth-order valence-corrected chi connectivity index (χ4v) is 5.09. The van der Waals surface area contributed by atoms with Crippen LogP contribution in [-0.2, 0) is 22.6 Å². The molecule has 30 heavy (non-hydrogen) atoms. The molecule has 0 saturated heterocycles. The molecule has 2 aliphatic rings. The van der Waals surface area contributed by atoms with Crippen molar-refractivity contribution in [2.75, 3.05) is 22.1 Å². The second kappa shape index (κ2) is 7.57. The second-order valence-corrected chi connectivity index (χ2v) is 8.58. The number of rotatable bonds is 3. The van der Waals surface area contributed by atoms with Gasteiger partial charge in [-0.2, -0.15) is 0 Å². The Bertz CT molecular complexity index is 1140. The second-order valence-electron chi connectivity index (χ2n) is 7.58. The molecule has 0 bridgehead atoms. The third kappa shape index (κ3) is 3.45. The fourth-order valence-electron chi connectivity index (χ4n) is 4.20. The van der Waals surface area contributed by atoms with Crippen LogP contribution in [0.3, 0.4) is 0 Å². The van der Waals surface area contributed by atoms with Crippen LogP contribution in [0.25, 0.3) is 0 Å². The van der Waals surface area contributed by atoms with E-state index >= 15 is 0 Å². The molecule has 152 valence electrons. The Morgan fingerprint density at radius 3 is 2.97 bits per heavy atom. The van der Waals surface area contributed by atoms with Crippen LogP contribution in [0.2, 0.25) is 0 Å². The first-order valence-electron chi connectivity index (χ1n) is 9.88. The van der Waals surface area contributed by atoms with E-state index in [4.69, 9.17) is 0 Å². The van der Waals surface area contributed by atoms with E-state index in [1.54, 1.807) is 17.4 Å². The van der Waals surface area contributed by atoms with Crippen molar-refractivity contribution in [2.45, 2.75) is 25.3 Å². The van der Waals surface area contributed by atoms with Gasteiger partial charge in [0.2, 0.25) is 11.8 Å². The Balaban J connectivity index is 1.41. The number of anilines is 3. The topological polar surface area (TPSA) is 61.4 Å². The summed E-state index contributed by atoms with van der Waals surface area (Å²) >= 11 is 1.79. The molecule has 2 amide bonds. The van der Waals surface area contributed by atoms with Crippen molar-refractivity contribution in [2.24, 2.45) is 0 Å². The Morgan fingerprint density at radius 1 is 1.20 bits per heavy atom. The van der Waals surface area contributed by atoms with Gasteiger partial charge in [-0.15, -0.1) is 11.3 Å². The number of para-hydroxylation sites is 2. The number of amides is 2. The summed E-state index contributed by atoms with van der Waals surface area (Å²) in [5.41, 5.74) is 4.00. The number of carbonyl (C=O) groups is 2. The number of halogens is 1. The van der Waals surface area contributed by atoms with E-state index in [2.05, 4.69) is 27.0 Å². The third-order valence-electron chi connectivity index (χ3n) is 5.68. The summed E-state index contributed by atoms with van der Waals surface area (Å²) in [5.74, 6) is -1.66. The van der Waals surface area contributed by atoms with Crippen molar-refractivity contribution in [1.82, 2.24) is 0 Å². The molecular weight excluding hydrogens is 401 g/mol. The van der Waals surface area contributed by atoms with Crippen LogP contribution in [0.5, 0.6) is 0 Å². The van der Waals surface area contributed by atoms with Gasteiger partial charge in [0.25, 0.3) is 0 Å². The van der Waals surface area contributed by atoms with E-state index in [1.165, 1.54) is 22.6 Å². The molecule has 0 radical (unpaired) electrons. The maximum atomic E-state index is 13.6. The van der Waals surface area contributed by atoms with E-state index < -0.39 is 11.7 Å². The largest absolute Gasteiger partial charge is 0.365 e. The van der Waals surface area contributed by atoms with Crippen LogP contribution in [0.4, 0.5) is 21.5 Å². The Morgan fingerprint density at radius 2 is 2.07 bits per heavy atom. The quantitative estimate of drug-likeness (QED) is 0.654. The first kappa shape index (κ1) is 18.8. The minimum absolute atomic E-state index is 0.0363. The van der Waals surface area contributed by atoms with Gasteiger partial charge in [-0.1, -0.05) is 18.2 Å². The SMILES string of the molecule is O=C1C[C@@H](C(=O)Nc2ccccc2N2CCc3sccc3C2)c2ccc(F)cc2N1. The van der Waals surface area contributed by atoms with Crippen LogP contribution in [-0.4, -0.2) is 18.4 Å². The first-order valence-corrected chi connectivity index (χ1v) is 10.8. The number of hydrogen-bond donors (Lipinski definition) is 2. The van der Waals surface area contributed by atoms with Gasteiger partial charge in [-0.05, 0) is 53.3 Å². The predicted molar refractivity (Wildman–Crippen MR) is 117 cm³/mol. The van der Waals surface area contributed by atoms with Crippen molar-refractivity contribution in [3.63, 3.8) is 0 Å². The molecule has 7 heteroatoms. The summed E-state index contributed by atoms with van der Waals surface area (Å²) in [4.78, 5) is 28.9. The van der Waals surface area contributed by atoms with Crippen molar-refractivity contribution >= 4 is 40.2 Å². The zero-order chi connectivity index (χ0) is 20.7. The number of hydrogen-bond acceptors (Lipinski definition) is 4. The third-order valence-corrected chi connectivity index (χ3v) is 6.70. The zero-order valence-electron chi connectivity index (χ0n) is 16.2. The van der Waals surface area contributed by atoms with Gasteiger partial charge in [0.15, 0.2) is 0 Å². The molecule has 0 saturated carbocycles. The smallest absolute Gasteiger partial charge is 0.232 e. The fraction of sp³-hybridized carbons (Fsp3) is 0.217. The van der Waals surface area contributed by atoms with Crippen LogP contribution in [0.1, 0.15) is 28.3 Å². The van der Waals surface area contributed by atoms with Gasteiger partial charge in [0.05, 0.1) is 17.3 Å². The van der Waals surface area contributed by atoms with Crippen LogP contribution in [0, 0.1) is 5.82 Å². The summed E-state index contributed by atoms with van der Waals surface area (Å²) in [7, 11) is 0. The molecule has 0 fully saturated rings. The Labute approximate surface area is 177 Å². The lowest BCUT2D eigenvalue weighted by Crippen LogP contribution is -2.33. The molecule has 2 N–H and O–H groups in total. The highest BCUT2D eigenvalue weighted by molar-refractivity contribution is 7.10. The molecule has 0 spiro atoms. The van der Waals surface area contributed by atoms with Crippen LogP contribution in [0.15, 0.2) is 53.9 Å². The van der Waals surface area contributed by atoms with E-state index in [-0.39, 0.29) is 18.2 Å². The van der Waals surface area contributed by atoms with E-state index in [1.807, 2.05) is 24.3 Å². The highest BCUT2D eigenvalue weighted by Gasteiger charge is 2.31. The van der Waals surface area contributed by atoms with E-state index in [0.29, 0.717) is 11.3 Å². The number of nitrogens with one attached hydrogen (secondary N) is 2. The molecule has 3 aromatic rings. The summed E-state index contributed by atoms with van der Waals surface area (Å²) in [6, 6.07) is 14.0. The number of benzene rings is 2. The molecule has 1 atom stereocenters. The van der Waals surface area contributed by atoms with Gasteiger partial charge >= 0.3 is 0 Å². The molecule has 5 nitrogen and oxygen atoms in total. The minimum Gasteiger partial charge on any atom is -0.365 e. The van der Waals surface area contributed by atoms with Crippen molar-refractivity contribution in [1.29, 1.82) is 0 Å². The van der Waals surface area contributed by atoms with Crippen LogP contribution < -0.4 is 15.5 Å². The van der Waals surface area contributed by atoms with Crippen molar-refractivity contribution < 1.29 is 14.0 Å². The van der Waals surface area contributed by atoms with Gasteiger partial charge in [-0.3, -0.25) is 9.59 Å². The molecule has 2 aliphatic heterocycles. The maximum absolute atomic E-state index is 13.6. The van der Waals surface area contributed by atoms with Gasteiger partial charge in [0.1, 0.15) is 5.82 Å². The predicted octanol–water partition coefficient (Wildman–Crippen LogP) is 4.51. The van der Waals surface area contributed by atoms with Crippen molar-refractivity contribution in [3.8, 4) is 0 Å². The highest BCUT2D eigenvalue weighted by Crippen LogP contribution is 2.36. The number of nitrogens with zero attached hydrogens (tertiary/aromatic N) is 1. The van der Waals surface area contributed by atoms with E-state index in [9.17, 15) is 14.0 Å². The highest BCUT2D eigenvalue weighted by atomic mass is 32.1. The average molecular weight is 421 g/mol. The summed E-state index contributed by atoms with van der Waals surface area (Å²) in [6.07, 6.45) is 1.02. The Kier molecular flexibility index (Phi) is 4.75. The lowest BCUT2D eigenvalue weighted by atomic mass is 9.89. The number of fused-ring (bicyclic) bond motifs is 2. The molecule has 0 unspecified atom stereocenters. The monoisotopic (exact) mass is 421 g/mol. The summed E-state index contributed by atoms with van der Waals surface area (Å²) in [5, 5.41) is 7.79. The lowest BCUT2D eigenvalue weighted by molar-refractivity contribution is -0.123. The zero-order valence-corrected chi connectivity index (χ0v) is 17.0. The van der Waals surface area contributed by atoms with Crippen molar-refractivity contribution in [3.05, 3.63) is 75.7 Å². The molecule has 2 aromatic carbocycles. The number of thiophene rings is 1. The summed E-state index contributed by atoms with van der Waals surface area (Å²) in [6.45, 7) is 1.69. The summed E-state index contributed by atoms with van der Waals surface area (Å²) < 4.78 is 13.6. The molecular formula is C23H20FN3O2S. The molecule has 0 aliphatic carbocycles. The average Bonchev–Trinajstić information content (AvgIpc) is 3.21. The first-order chi connectivity index (χ1) is 14.6. The Hall–Kier alpha value is -3.19. The van der Waals surface area contributed by atoms with E-state index in [0.717, 1.165) is 30.9 Å². The van der Waals surface area contributed by atoms with Gasteiger partial charge < -0.3 is 15.5 Å². The standard InChI is InChI=1S/C23H20FN3O2S/c24-15-5-6-16-17(12-22(28)25-19(16)11-15)23(29)26-18-3-1-2-4-20(18)27-9-7-21-14(13-27)8-10-30-21/h1-6,8,10-11,17H,7,9,12-13H2,(H,25,28)(H,26,29)/t17-/m1/s1. The molecule has 5 rings (SSSR count). The molecule has 3 heterocycles. The lowest BCUT2D eigenvalue weighted by Gasteiger charge is -2.31. The maximum Gasteiger partial charge on any atom is 0.232 e. The number of carbonyl (C=O) groups excluding carboxylic acids is 2. The van der Waals surface area contributed by atoms with Gasteiger partial charge in [-0.25, -0.2) is 4.39 Å². The minimum atomic E-state index is -0.660. The molecule has 1 aromatic heterocycles. The normalized spacial score (nSPS) is 17.7. The van der Waals surface area contributed by atoms with Crippen LogP contribution >= 0.6 is 11.3 Å². The van der Waals surface area contributed by atoms with Gasteiger partial charge in [0, 0.05) is 30.1 Å².